The van der Waals surface area contributed by atoms with Crippen LogP contribution in [-0.2, 0) is 0 Å². The highest BCUT2D eigenvalue weighted by Gasteiger charge is 2.45. The first-order valence-corrected chi connectivity index (χ1v) is 23.4. The van der Waals surface area contributed by atoms with Gasteiger partial charge >= 0.3 is 0 Å². The van der Waals surface area contributed by atoms with E-state index < -0.39 is 8.07 Å². The van der Waals surface area contributed by atoms with Crippen molar-refractivity contribution in [2.45, 2.75) is 66.1 Å². The molecule has 0 nitrogen and oxygen atoms in total. The van der Waals surface area contributed by atoms with Gasteiger partial charge in [0.2, 0.25) is 13.4 Å². The maximum Gasteiger partial charge on any atom is 0.244 e. The second kappa shape index (κ2) is 9.81. The van der Waals surface area contributed by atoms with Gasteiger partial charge in [-0.2, -0.15) is 0 Å². The molecule has 252 valence electrons. The Balaban J connectivity index is 1.32. The number of benzene rings is 8. The molecule has 0 N–H and O–H groups in total. The van der Waals surface area contributed by atoms with Gasteiger partial charge in [0.1, 0.15) is 0 Å². The van der Waals surface area contributed by atoms with Crippen LogP contribution in [0.5, 0.6) is 0 Å². The highest BCUT2D eigenvalue weighted by Crippen LogP contribution is 2.48. The average Bonchev–Trinajstić information content (AvgIpc) is 3.66. The van der Waals surface area contributed by atoms with Gasteiger partial charge in [0.25, 0.3) is 0 Å². The van der Waals surface area contributed by atoms with Crippen molar-refractivity contribution in [1.29, 1.82) is 0 Å². The number of hydrogen-bond acceptors (Lipinski definition) is 0. The van der Waals surface area contributed by atoms with Crippen molar-refractivity contribution < 1.29 is 0 Å². The lowest BCUT2D eigenvalue weighted by molar-refractivity contribution is 0.868. The zero-order chi connectivity index (χ0) is 36.0. The topological polar surface area (TPSA) is 0 Å². The van der Waals surface area contributed by atoms with Crippen LogP contribution < -0.4 is 38.0 Å². The minimum absolute atomic E-state index is 0.249. The third-order valence-corrected chi connectivity index (χ3v) is 15.8. The predicted molar refractivity (Wildman–Crippen MR) is 237 cm³/mol. The molecule has 0 amide bonds. The van der Waals surface area contributed by atoms with Crippen LogP contribution in [0.25, 0.3) is 76.8 Å². The number of hydrogen-bond donors (Lipinski definition) is 0. The van der Waals surface area contributed by atoms with E-state index in [0.29, 0.717) is 11.8 Å². The summed E-state index contributed by atoms with van der Waals surface area (Å²) in [6, 6.07) is 39.4. The largest absolute Gasteiger partial charge is 0.244 e. The Bertz CT molecular complexity index is 3010. The molecular formula is C50H42B2Si. The Morgan fingerprint density at radius 3 is 1.36 bits per heavy atom. The van der Waals surface area contributed by atoms with E-state index in [0.717, 1.165) is 0 Å². The van der Waals surface area contributed by atoms with Gasteiger partial charge in [0.05, 0.1) is 8.07 Å². The van der Waals surface area contributed by atoms with Crippen molar-refractivity contribution in [2.75, 3.05) is 0 Å². The summed E-state index contributed by atoms with van der Waals surface area (Å²) in [6.07, 6.45) is 0. The van der Waals surface area contributed by atoms with E-state index in [9.17, 15) is 0 Å². The summed E-state index contributed by atoms with van der Waals surface area (Å²) in [4.78, 5) is 0. The Labute approximate surface area is 314 Å². The van der Waals surface area contributed by atoms with Gasteiger partial charge in [-0.25, -0.2) is 0 Å². The third kappa shape index (κ3) is 3.61. The molecule has 8 aromatic carbocycles. The molecule has 4 heterocycles. The Morgan fingerprint density at radius 1 is 0.434 bits per heavy atom. The first-order chi connectivity index (χ1) is 25.5. The first-order valence-electron chi connectivity index (χ1n) is 19.9. The predicted octanol–water partition coefficient (Wildman–Crippen LogP) is 8.64. The van der Waals surface area contributed by atoms with Crippen molar-refractivity contribution in [3.8, 4) is 44.5 Å². The molecule has 0 aromatic heterocycles. The maximum atomic E-state index is 2.71. The molecule has 4 aliphatic rings. The molecule has 0 bridgehead atoms. The monoisotopic (exact) mass is 692 g/mol. The Kier molecular flexibility index (Phi) is 5.66. The van der Waals surface area contributed by atoms with Crippen molar-refractivity contribution in [3.05, 3.63) is 114 Å². The highest BCUT2D eigenvalue weighted by molar-refractivity contribution is 7.03. The van der Waals surface area contributed by atoms with Gasteiger partial charge in [-0.05, 0) is 112 Å². The molecule has 0 fully saturated rings. The highest BCUT2D eigenvalue weighted by atomic mass is 28.3. The zero-order valence-corrected chi connectivity index (χ0v) is 33.0. The molecule has 0 saturated heterocycles. The number of rotatable bonds is 3. The van der Waals surface area contributed by atoms with E-state index in [4.69, 9.17) is 0 Å². The normalized spacial score (nSPS) is 14.3. The van der Waals surface area contributed by atoms with E-state index in [2.05, 4.69) is 151 Å². The van der Waals surface area contributed by atoms with Crippen LogP contribution in [0.15, 0.2) is 97.1 Å². The molecule has 4 aliphatic heterocycles. The third-order valence-electron chi connectivity index (χ3n) is 13.8. The van der Waals surface area contributed by atoms with E-state index >= 15 is 0 Å². The standard InChI is InChI=1S/C50H42B2Si/c1-25(2)28-18-35-30-13-10-12-16-41(30)52-43-23-39-44(53(6,7)8)24-34-38-21-29(26(3)4)19-36-31-14-9-11-15-40(31)51(50(36)38)42-22-32-27(5)17-33(37(20-28)49(35)52)45(43)47(32)48(39)46(34)42/h9-26H,1-8H3. The summed E-state index contributed by atoms with van der Waals surface area (Å²) >= 11 is 0. The van der Waals surface area contributed by atoms with E-state index in [1.54, 1.807) is 5.19 Å². The molecule has 0 radical (unpaired) electrons. The van der Waals surface area contributed by atoms with Crippen LogP contribution in [0.3, 0.4) is 0 Å². The molecule has 8 aromatic rings. The molecule has 0 atom stereocenters. The van der Waals surface area contributed by atoms with Gasteiger partial charge in [0, 0.05) is 0 Å². The SMILES string of the molecule is Cc1cc2c3c(cc4c([Si](C)(C)C)cc5c6c(cc1c3c46)B1c3ccccc3-c3cc(C(C)C)cc-5c31)B1c3ccccc3-c3cc(C(C)C)cc-2c31. The van der Waals surface area contributed by atoms with Gasteiger partial charge < -0.3 is 0 Å². The van der Waals surface area contributed by atoms with Crippen LogP contribution in [-0.4, -0.2) is 21.5 Å². The Morgan fingerprint density at radius 2 is 0.868 bits per heavy atom. The molecule has 12 rings (SSSR count). The van der Waals surface area contributed by atoms with Gasteiger partial charge in [-0.15, -0.1) is 0 Å². The second-order valence-corrected chi connectivity index (χ2v) is 23.4. The molecule has 0 saturated carbocycles. The van der Waals surface area contributed by atoms with E-state index in [-0.39, 0.29) is 13.4 Å². The van der Waals surface area contributed by atoms with Crippen LogP contribution in [0.1, 0.15) is 56.2 Å². The van der Waals surface area contributed by atoms with Crippen LogP contribution >= 0.6 is 0 Å². The quantitative estimate of drug-likeness (QED) is 0.129. The minimum Gasteiger partial charge on any atom is -0.0664 e. The summed E-state index contributed by atoms with van der Waals surface area (Å²) in [6.45, 7) is 20.0. The lowest BCUT2D eigenvalue weighted by Crippen LogP contribution is -2.53. The molecule has 53 heavy (non-hydrogen) atoms. The van der Waals surface area contributed by atoms with Gasteiger partial charge in [-0.1, -0.05) is 182 Å². The van der Waals surface area contributed by atoms with E-state index in [1.165, 1.54) is 126 Å². The number of aryl methyl sites for hydroxylation is 1. The van der Waals surface area contributed by atoms with Crippen LogP contribution in [0.4, 0.5) is 0 Å². The lowest BCUT2D eigenvalue weighted by atomic mass is 9.34. The first kappa shape index (κ1) is 30.6. The summed E-state index contributed by atoms with van der Waals surface area (Å²) in [5.41, 5.74) is 24.9. The summed E-state index contributed by atoms with van der Waals surface area (Å²) < 4.78 is 0. The van der Waals surface area contributed by atoms with Crippen molar-refractivity contribution in [1.82, 2.24) is 0 Å². The van der Waals surface area contributed by atoms with Gasteiger partial charge in [-0.3, -0.25) is 0 Å². The molecule has 0 aliphatic carbocycles. The summed E-state index contributed by atoms with van der Waals surface area (Å²) in [5, 5.41) is 10.6. The molecule has 0 spiro atoms. The number of fused-ring (bicyclic) bond motifs is 10. The Hall–Kier alpha value is -4.85. The van der Waals surface area contributed by atoms with Crippen LogP contribution in [0.2, 0.25) is 19.6 Å². The van der Waals surface area contributed by atoms with Crippen molar-refractivity contribution in [3.63, 3.8) is 0 Å². The molecular weight excluding hydrogens is 650 g/mol. The fraction of sp³-hybridized carbons (Fsp3) is 0.200. The summed E-state index contributed by atoms with van der Waals surface area (Å²) in [7, 11) is -1.83. The zero-order valence-electron chi connectivity index (χ0n) is 32.0. The fourth-order valence-corrected chi connectivity index (χ4v) is 13.0. The lowest BCUT2D eigenvalue weighted by Gasteiger charge is -2.34. The fourth-order valence-electron chi connectivity index (χ4n) is 11.4. The molecule has 3 heteroatoms. The summed E-state index contributed by atoms with van der Waals surface area (Å²) in [5.74, 6) is 0.920. The minimum atomic E-state index is -1.83. The second-order valence-electron chi connectivity index (χ2n) is 18.4. The smallest absolute Gasteiger partial charge is 0.0664 e. The van der Waals surface area contributed by atoms with Crippen molar-refractivity contribution >= 4 is 91.8 Å². The average molecular weight is 693 g/mol. The molecule has 0 unspecified atom stereocenters. The maximum absolute atomic E-state index is 2.71. The van der Waals surface area contributed by atoms with Crippen LogP contribution in [0, 0.1) is 6.92 Å². The van der Waals surface area contributed by atoms with Crippen molar-refractivity contribution in [2.24, 2.45) is 0 Å². The van der Waals surface area contributed by atoms with Gasteiger partial charge in [0.15, 0.2) is 0 Å². The van der Waals surface area contributed by atoms with E-state index in [1.807, 2.05) is 0 Å².